The summed E-state index contributed by atoms with van der Waals surface area (Å²) in [6.07, 6.45) is 2.19. The van der Waals surface area contributed by atoms with Crippen molar-refractivity contribution in [3.8, 4) is 5.75 Å². The number of piperidine rings is 1. The van der Waals surface area contributed by atoms with Crippen LogP contribution < -0.4 is 15.4 Å². The van der Waals surface area contributed by atoms with Crippen LogP contribution >= 0.6 is 0 Å². The lowest BCUT2D eigenvalue weighted by Crippen LogP contribution is -2.48. The van der Waals surface area contributed by atoms with Gasteiger partial charge in [-0.05, 0) is 36.1 Å². The van der Waals surface area contributed by atoms with E-state index in [0.717, 1.165) is 44.0 Å². The van der Waals surface area contributed by atoms with Crippen LogP contribution in [0.5, 0.6) is 5.75 Å². The van der Waals surface area contributed by atoms with E-state index in [4.69, 9.17) is 4.74 Å². The average Bonchev–Trinajstić information content (AvgIpc) is 2.82. The lowest BCUT2D eigenvalue weighted by atomic mass is 10.0. The van der Waals surface area contributed by atoms with Crippen molar-refractivity contribution in [2.75, 3.05) is 40.8 Å². The molecule has 1 aliphatic rings. The number of aliphatic imine (C=N–C) groups is 1. The van der Waals surface area contributed by atoms with E-state index >= 15 is 0 Å². The third-order valence-electron chi connectivity index (χ3n) is 5.62. The molecule has 3 rings (SSSR count). The van der Waals surface area contributed by atoms with Crippen LogP contribution in [-0.4, -0.2) is 68.5 Å². The van der Waals surface area contributed by atoms with E-state index in [-0.39, 0.29) is 12.5 Å². The molecule has 0 aromatic heterocycles. The van der Waals surface area contributed by atoms with Crippen molar-refractivity contribution in [1.29, 1.82) is 0 Å². The van der Waals surface area contributed by atoms with Crippen LogP contribution in [0.25, 0.3) is 0 Å². The van der Waals surface area contributed by atoms with E-state index in [1.165, 1.54) is 10.5 Å². The minimum Gasteiger partial charge on any atom is -0.484 e. The number of likely N-dealkylation sites (N-methyl/N-ethyl adjacent to an activating group) is 1. The summed E-state index contributed by atoms with van der Waals surface area (Å²) in [5.74, 6) is 1.43. The molecule has 0 atom stereocenters. The number of nitrogens with one attached hydrogen (secondary N) is 2. The molecule has 7 heteroatoms. The molecular weight excluding hydrogens is 402 g/mol. The molecule has 1 aliphatic heterocycles. The summed E-state index contributed by atoms with van der Waals surface area (Å²) >= 11 is 0. The van der Waals surface area contributed by atoms with Crippen molar-refractivity contribution in [2.45, 2.75) is 32.0 Å². The summed E-state index contributed by atoms with van der Waals surface area (Å²) in [5.41, 5.74) is 2.44. The van der Waals surface area contributed by atoms with Gasteiger partial charge in [-0.15, -0.1) is 0 Å². The normalized spacial score (nSPS) is 15.3. The Labute approximate surface area is 191 Å². The van der Waals surface area contributed by atoms with Crippen LogP contribution in [0.4, 0.5) is 0 Å². The quantitative estimate of drug-likeness (QED) is 0.491. The first-order chi connectivity index (χ1) is 15.5. The highest BCUT2D eigenvalue weighted by Crippen LogP contribution is 2.15. The van der Waals surface area contributed by atoms with E-state index < -0.39 is 0 Å². The van der Waals surface area contributed by atoms with E-state index in [0.29, 0.717) is 18.3 Å². The zero-order valence-electron chi connectivity index (χ0n) is 19.4. The van der Waals surface area contributed by atoms with Crippen LogP contribution in [-0.2, 0) is 17.9 Å². The van der Waals surface area contributed by atoms with Crippen molar-refractivity contribution in [1.82, 2.24) is 20.4 Å². The van der Waals surface area contributed by atoms with Gasteiger partial charge in [0.1, 0.15) is 5.75 Å². The van der Waals surface area contributed by atoms with E-state index in [1.54, 1.807) is 21.1 Å². The van der Waals surface area contributed by atoms with Gasteiger partial charge in [-0.1, -0.05) is 42.5 Å². The highest BCUT2D eigenvalue weighted by atomic mass is 16.5. The fourth-order valence-electron chi connectivity index (χ4n) is 3.67. The number of rotatable bonds is 8. The van der Waals surface area contributed by atoms with Gasteiger partial charge in [0.15, 0.2) is 12.6 Å². The predicted octanol–water partition coefficient (Wildman–Crippen LogP) is 2.48. The molecule has 0 bridgehead atoms. The molecule has 32 heavy (non-hydrogen) atoms. The topological polar surface area (TPSA) is 69.2 Å². The Kier molecular flexibility index (Phi) is 8.92. The first-order valence-corrected chi connectivity index (χ1v) is 11.2. The van der Waals surface area contributed by atoms with Gasteiger partial charge in [-0.2, -0.15) is 0 Å². The van der Waals surface area contributed by atoms with Crippen molar-refractivity contribution < 1.29 is 9.53 Å². The molecule has 2 N–H and O–H groups in total. The number of likely N-dealkylation sites (tertiary alicyclic amines) is 1. The molecule has 1 fully saturated rings. The Morgan fingerprint density at radius 1 is 1.09 bits per heavy atom. The van der Waals surface area contributed by atoms with Gasteiger partial charge in [-0.25, -0.2) is 0 Å². The van der Waals surface area contributed by atoms with Crippen LogP contribution in [0.3, 0.4) is 0 Å². The maximum absolute atomic E-state index is 11.7. The second kappa shape index (κ2) is 12.1. The van der Waals surface area contributed by atoms with Gasteiger partial charge < -0.3 is 20.3 Å². The number of amides is 1. The summed E-state index contributed by atoms with van der Waals surface area (Å²) in [5, 5.41) is 6.95. The number of nitrogens with zero attached hydrogens (tertiary/aromatic N) is 3. The van der Waals surface area contributed by atoms with Crippen LogP contribution in [0, 0.1) is 0 Å². The van der Waals surface area contributed by atoms with Crippen LogP contribution in [0.1, 0.15) is 24.0 Å². The zero-order chi connectivity index (χ0) is 22.8. The number of guanidine groups is 1. The molecule has 1 amide bonds. The monoisotopic (exact) mass is 437 g/mol. The molecule has 0 unspecified atom stereocenters. The molecule has 0 saturated carbocycles. The van der Waals surface area contributed by atoms with Gasteiger partial charge in [0.05, 0.1) is 0 Å². The summed E-state index contributed by atoms with van der Waals surface area (Å²) in [6, 6.07) is 18.8. The maximum atomic E-state index is 11.7. The number of hydrogen-bond acceptors (Lipinski definition) is 4. The van der Waals surface area contributed by atoms with Crippen LogP contribution in [0.2, 0.25) is 0 Å². The van der Waals surface area contributed by atoms with Crippen molar-refractivity contribution in [3.05, 3.63) is 65.7 Å². The number of benzene rings is 2. The lowest BCUT2D eigenvalue weighted by Gasteiger charge is -2.33. The first kappa shape index (κ1) is 23.6. The second-order valence-corrected chi connectivity index (χ2v) is 8.33. The molecule has 2 aromatic rings. The number of carbonyl (C=O) groups excluding carboxylic acids is 1. The van der Waals surface area contributed by atoms with Gasteiger partial charge in [0.25, 0.3) is 5.91 Å². The fraction of sp³-hybridized carbons (Fsp3) is 0.440. The SMILES string of the molecule is CN=C(NCc1cccc(OCC(=O)N(C)C)c1)NC1CCN(Cc2ccccc2)CC1. The fourth-order valence-corrected chi connectivity index (χ4v) is 3.67. The second-order valence-electron chi connectivity index (χ2n) is 8.33. The minimum atomic E-state index is -0.0621. The molecule has 7 nitrogen and oxygen atoms in total. The largest absolute Gasteiger partial charge is 0.484 e. The predicted molar refractivity (Wildman–Crippen MR) is 129 cm³/mol. The molecule has 0 spiro atoms. The number of hydrogen-bond donors (Lipinski definition) is 2. The van der Waals surface area contributed by atoms with Gasteiger partial charge in [0.2, 0.25) is 0 Å². The van der Waals surface area contributed by atoms with Gasteiger partial charge in [-0.3, -0.25) is 14.7 Å². The van der Waals surface area contributed by atoms with E-state index in [1.807, 2.05) is 24.3 Å². The maximum Gasteiger partial charge on any atom is 0.259 e. The number of carbonyl (C=O) groups is 1. The average molecular weight is 438 g/mol. The highest BCUT2D eigenvalue weighted by Gasteiger charge is 2.20. The molecule has 1 saturated heterocycles. The summed E-state index contributed by atoms with van der Waals surface area (Å²) < 4.78 is 5.61. The summed E-state index contributed by atoms with van der Waals surface area (Å²) in [4.78, 5) is 20.1. The zero-order valence-corrected chi connectivity index (χ0v) is 19.4. The molecule has 172 valence electrons. The van der Waals surface area contributed by atoms with Crippen molar-refractivity contribution in [3.63, 3.8) is 0 Å². The Hall–Kier alpha value is -3.06. The highest BCUT2D eigenvalue weighted by molar-refractivity contribution is 5.80. The third kappa shape index (κ3) is 7.57. The Morgan fingerprint density at radius 2 is 1.81 bits per heavy atom. The Morgan fingerprint density at radius 3 is 2.50 bits per heavy atom. The molecular formula is C25H35N5O2. The molecule has 0 aliphatic carbocycles. The van der Waals surface area contributed by atoms with E-state index in [9.17, 15) is 4.79 Å². The molecule has 0 radical (unpaired) electrons. The number of ether oxygens (including phenoxy) is 1. The lowest BCUT2D eigenvalue weighted by molar-refractivity contribution is -0.130. The molecule has 1 heterocycles. The smallest absolute Gasteiger partial charge is 0.259 e. The Balaban J connectivity index is 1.41. The van der Waals surface area contributed by atoms with Crippen molar-refractivity contribution >= 4 is 11.9 Å². The molecule has 2 aromatic carbocycles. The summed E-state index contributed by atoms with van der Waals surface area (Å²) in [7, 11) is 5.24. The van der Waals surface area contributed by atoms with Gasteiger partial charge in [0, 0.05) is 53.4 Å². The van der Waals surface area contributed by atoms with Crippen LogP contribution in [0.15, 0.2) is 59.6 Å². The standard InChI is InChI=1S/C25H35N5O2/c1-26-25(27-17-21-10-7-11-23(16-21)32-19-24(31)29(2)3)28-22-12-14-30(15-13-22)18-20-8-5-4-6-9-20/h4-11,16,22H,12-15,17-19H2,1-3H3,(H2,26,27,28). The Bertz CT molecular complexity index is 877. The first-order valence-electron chi connectivity index (χ1n) is 11.2. The summed E-state index contributed by atoms with van der Waals surface area (Å²) in [6.45, 7) is 3.84. The third-order valence-corrected chi connectivity index (χ3v) is 5.62. The van der Waals surface area contributed by atoms with E-state index in [2.05, 4.69) is 50.9 Å². The van der Waals surface area contributed by atoms with Gasteiger partial charge >= 0.3 is 0 Å². The minimum absolute atomic E-state index is 0.0378. The van der Waals surface area contributed by atoms with Crippen molar-refractivity contribution in [2.24, 2.45) is 4.99 Å².